The van der Waals surface area contributed by atoms with Crippen LogP contribution in [-0.2, 0) is 6.18 Å². The van der Waals surface area contributed by atoms with E-state index < -0.39 is 11.7 Å². The van der Waals surface area contributed by atoms with Crippen molar-refractivity contribution in [3.8, 4) is 0 Å². The summed E-state index contributed by atoms with van der Waals surface area (Å²) in [6.07, 6.45) is 2.66. The molecule has 0 saturated heterocycles. The van der Waals surface area contributed by atoms with Crippen molar-refractivity contribution in [2.75, 3.05) is 5.75 Å². The van der Waals surface area contributed by atoms with Gasteiger partial charge in [-0.25, -0.2) is 4.98 Å². The van der Waals surface area contributed by atoms with Crippen molar-refractivity contribution in [3.63, 3.8) is 0 Å². The van der Waals surface area contributed by atoms with Crippen LogP contribution in [0.3, 0.4) is 0 Å². The maximum absolute atomic E-state index is 12.4. The molecule has 20 heavy (non-hydrogen) atoms. The largest absolute Gasteiger partial charge is 0.417 e. The van der Waals surface area contributed by atoms with Gasteiger partial charge in [-0.1, -0.05) is 19.3 Å². The van der Waals surface area contributed by atoms with E-state index in [2.05, 4.69) is 4.98 Å². The van der Waals surface area contributed by atoms with E-state index in [-0.39, 0.29) is 6.04 Å². The molecule has 2 nitrogen and oxygen atoms in total. The molecule has 1 heterocycles. The number of hydrogen-bond donors (Lipinski definition) is 1. The minimum atomic E-state index is -4.32. The van der Waals surface area contributed by atoms with Crippen LogP contribution < -0.4 is 5.73 Å². The number of alkyl halides is 3. The van der Waals surface area contributed by atoms with Crippen molar-refractivity contribution in [2.24, 2.45) is 11.7 Å². The first-order valence-electron chi connectivity index (χ1n) is 6.88. The lowest BCUT2D eigenvalue weighted by Gasteiger charge is -2.27. The van der Waals surface area contributed by atoms with E-state index in [1.54, 1.807) is 0 Å². The lowest BCUT2D eigenvalue weighted by atomic mass is 9.85. The molecule has 0 bridgehead atoms. The third-order valence-corrected chi connectivity index (χ3v) is 4.83. The van der Waals surface area contributed by atoms with Crippen LogP contribution in [0.2, 0.25) is 0 Å². The molecule has 2 rings (SSSR count). The molecule has 1 fully saturated rings. The van der Waals surface area contributed by atoms with E-state index in [9.17, 15) is 13.2 Å². The Hall–Kier alpha value is -0.750. The average Bonchev–Trinajstić information content (AvgIpc) is 2.45. The number of hydrogen-bond acceptors (Lipinski definition) is 3. The molecule has 1 saturated carbocycles. The van der Waals surface area contributed by atoms with Crippen LogP contribution in [0, 0.1) is 5.92 Å². The van der Waals surface area contributed by atoms with Crippen LogP contribution >= 0.6 is 11.8 Å². The number of rotatable bonds is 4. The number of thioether (sulfide) groups is 1. The fourth-order valence-electron chi connectivity index (χ4n) is 2.51. The van der Waals surface area contributed by atoms with E-state index in [1.807, 2.05) is 0 Å². The molecule has 6 heteroatoms. The summed E-state index contributed by atoms with van der Waals surface area (Å²) in [5.41, 5.74) is 5.46. The van der Waals surface area contributed by atoms with Gasteiger partial charge in [0.15, 0.2) is 0 Å². The molecular formula is C14H19F3N2S. The molecule has 0 aliphatic heterocycles. The van der Waals surface area contributed by atoms with Crippen LogP contribution in [0.4, 0.5) is 13.2 Å². The Kier molecular flexibility index (Phi) is 5.32. The Morgan fingerprint density at radius 2 is 1.95 bits per heavy atom. The molecule has 0 aromatic carbocycles. The summed E-state index contributed by atoms with van der Waals surface area (Å²) < 4.78 is 37.2. The number of halogens is 3. The van der Waals surface area contributed by atoms with E-state index in [0.29, 0.717) is 16.7 Å². The first kappa shape index (κ1) is 15.6. The average molecular weight is 304 g/mol. The summed E-state index contributed by atoms with van der Waals surface area (Å²) in [6, 6.07) is 2.59. The minimum absolute atomic E-state index is 0.101. The predicted octanol–water partition coefficient (Wildman–Crippen LogP) is 4.10. The van der Waals surface area contributed by atoms with Crippen molar-refractivity contribution in [1.82, 2.24) is 4.98 Å². The lowest BCUT2D eigenvalue weighted by molar-refractivity contribution is -0.137. The summed E-state index contributed by atoms with van der Waals surface area (Å²) in [5, 5.41) is 0.601. The summed E-state index contributed by atoms with van der Waals surface area (Å²) in [7, 11) is 0. The normalized spacial score (nSPS) is 19.0. The highest BCUT2D eigenvalue weighted by Crippen LogP contribution is 2.31. The third-order valence-electron chi connectivity index (χ3n) is 3.74. The smallest absolute Gasteiger partial charge is 0.327 e. The topological polar surface area (TPSA) is 38.9 Å². The maximum Gasteiger partial charge on any atom is 0.417 e. The molecule has 2 N–H and O–H groups in total. The zero-order chi connectivity index (χ0) is 14.6. The molecular weight excluding hydrogens is 285 g/mol. The van der Waals surface area contributed by atoms with Crippen molar-refractivity contribution in [2.45, 2.75) is 49.3 Å². The molecule has 1 aliphatic carbocycles. The van der Waals surface area contributed by atoms with Crippen LogP contribution in [-0.4, -0.2) is 16.8 Å². The van der Waals surface area contributed by atoms with Gasteiger partial charge in [-0.15, -0.1) is 11.8 Å². The van der Waals surface area contributed by atoms with Gasteiger partial charge in [0, 0.05) is 18.0 Å². The van der Waals surface area contributed by atoms with Gasteiger partial charge in [-0.05, 0) is 30.9 Å². The van der Waals surface area contributed by atoms with Gasteiger partial charge in [0.25, 0.3) is 0 Å². The molecule has 1 atom stereocenters. The second-order valence-corrected chi connectivity index (χ2v) is 6.30. The second-order valence-electron chi connectivity index (χ2n) is 5.26. The highest BCUT2D eigenvalue weighted by molar-refractivity contribution is 7.99. The van der Waals surface area contributed by atoms with E-state index in [1.165, 1.54) is 49.9 Å². The van der Waals surface area contributed by atoms with Crippen LogP contribution in [0.5, 0.6) is 0 Å². The fraction of sp³-hybridized carbons (Fsp3) is 0.643. The third kappa shape index (κ3) is 4.38. The lowest BCUT2D eigenvalue weighted by Crippen LogP contribution is -2.33. The first-order valence-corrected chi connectivity index (χ1v) is 7.87. The van der Waals surface area contributed by atoms with Crippen LogP contribution in [0.15, 0.2) is 23.4 Å². The molecule has 0 amide bonds. The van der Waals surface area contributed by atoms with Crippen molar-refractivity contribution in [3.05, 3.63) is 23.9 Å². The van der Waals surface area contributed by atoms with Gasteiger partial charge >= 0.3 is 6.18 Å². The van der Waals surface area contributed by atoms with Gasteiger partial charge in [0.2, 0.25) is 0 Å². The Morgan fingerprint density at radius 1 is 1.25 bits per heavy atom. The minimum Gasteiger partial charge on any atom is -0.327 e. The van der Waals surface area contributed by atoms with E-state index >= 15 is 0 Å². The predicted molar refractivity (Wildman–Crippen MR) is 74.5 cm³/mol. The van der Waals surface area contributed by atoms with Crippen molar-refractivity contribution >= 4 is 11.8 Å². The second kappa shape index (κ2) is 6.80. The Morgan fingerprint density at radius 3 is 2.50 bits per heavy atom. The molecule has 1 aromatic heterocycles. The fourth-order valence-corrected chi connectivity index (χ4v) is 3.44. The number of pyridine rings is 1. The van der Waals surface area contributed by atoms with Crippen LogP contribution in [0.1, 0.15) is 37.7 Å². The van der Waals surface area contributed by atoms with E-state index in [0.717, 1.165) is 12.3 Å². The highest BCUT2D eigenvalue weighted by Gasteiger charge is 2.30. The van der Waals surface area contributed by atoms with Crippen molar-refractivity contribution in [1.29, 1.82) is 0 Å². The van der Waals surface area contributed by atoms with Gasteiger partial charge in [-0.3, -0.25) is 0 Å². The quantitative estimate of drug-likeness (QED) is 0.851. The highest BCUT2D eigenvalue weighted by atomic mass is 32.2. The van der Waals surface area contributed by atoms with Crippen molar-refractivity contribution < 1.29 is 13.2 Å². The Balaban J connectivity index is 1.84. The van der Waals surface area contributed by atoms with Gasteiger partial charge < -0.3 is 5.73 Å². The molecule has 1 aliphatic rings. The molecule has 0 radical (unpaired) electrons. The van der Waals surface area contributed by atoms with E-state index in [4.69, 9.17) is 5.73 Å². The van der Waals surface area contributed by atoms with Crippen LogP contribution in [0.25, 0.3) is 0 Å². The maximum atomic E-state index is 12.4. The summed E-state index contributed by atoms with van der Waals surface area (Å²) in [6.45, 7) is 0. The zero-order valence-corrected chi connectivity index (χ0v) is 12.0. The molecule has 112 valence electrons. The summed E-state index contributed by atoms with van der Waals surface area (Å²) in [4.78, 5) is 3.85. The van der Waals surface area contributed by atoms with Gasteiger partial charge in [0.05, 0.1) is 10.6 Å². The standard InChI is InChI=1S/C14H19F3N2S/c15-14(16,17)11-6-7-13(19-8-11)20-9-12(18)10-4-2-1-3-5-10/h6-8,10,12H,1-5,9,18H2. The summed E-state index contributed by atoms with van der Waals surface area (Å²) >= 11 is 1.44. The number of aromatic nitrogens is 1. The van der Waals surface area contributed by atoms with Gasteiger partial charge in [-0.2, -0.15) is 13.2 Å². The SMILES string of the molecule is NC(CSc1ccc(C(F)(F)F)cn1)C1CCCCC1. The molecule has 1 aromatic rings. The number of nitrogens with zero attached hydrogens (tertiary/aromatic N) is 1. The molecule has 1 unspecified atom stereocenters. The first-order chi connectivity index (χ1) is 9.47. The zero-order valence-electron chi connectivity index (χ0n) is 11.2. The Bertz CT molecular complexity index is 413. The van der Waals surface area contributed by atoms with Gasteiger partial charge in [0.1, 0.15) is 0 Å². The number of nitrogens with two attached hydrogens (primary N) is 1. The Labute approximate surface area is 121 Å². The molecule has 0 spiro atoms. The summed E-state index contributed by atoms with van der Waals surface area (Å²) in [5.74, 6) is 1.26. The monoisotopic (exact) mass is 304 g/mol.